The SMILES string of the molecule is COc1cccc(CCC(=O)N2CCC(c3[nH]ncc3N)C2)c1F. The summed E-state index contributed by atoms with van der Waals surface area (Å²) in [6.45, 7) is 1.30. The van der Waals surface area contributed by atoms with Gasteiger partial charge in [0.15, 0.2) is 11.6 Å². The van der Waals surface area contributed by atoms with Crippen molar-refractivity contribution >= 4 is 11.6 Å². The summed E-state index contributed by atoms with van der Waals surface area (Å²) in [5.41, 5.74) is 7.89. The predicted octanol–water partition coefficient (Wildman–Crippen LogP) is 2.09. The molecule has 0 bridgehead atoms. The molecule has 24 heavy (non-hydrogen) atoms. The predicted molar refractivity (Wildman–Crippen MR) is 88.2 cm³/mol. The standard InChI is InChI=1S/C17H21FN4O2/c1-24-14-4-2-3-11(16(14)18)5-6-15(23)22-8-7-12(10-22)17-13(19)9-20-21-17/h2-4,9,12H,5-8,10,19H2,1H3,(H,20,21). The molecule has 1 aliphatic heterocycles. The molecule has 1 unspecified atom stereocenters. The Morgan fingerprint density at radius 2 is 2.38 bits per heavy atom. The van der Waals surface area contributed by atoms with Gasteiger partial charge in [0.05, 0.1) is 24.7 Å². The molecular formula is C17H21FN4O2. The van der Waals surface area contributed by atoms with E-state index in [1.165, 1.54) is 7.11 Å². The first kappa shape index (κ1) is 16.3. The number of anilines is 1. The number of aromatic nitrogens is 2. The summed E-state index contributed by atoms with van der Waals surface area (Å²) in [5.74, 6) is 0.0241. The van der Waals surface area contributed by atoms with Crippen molar-refractivity contribution in [2.24, 2.45) is 0 Å². The molecule has 0 radical (unpaired) electrons. The molecule has 1 saturated heterocycles. The van der Waals surface area contributed by atoms with Gasteiger partial charge in [0.2, 0.25) is 5.91 Å². The quantitative estimate of drug-likeness (QED) is 0.878. The Balaban J connectivity index is 1.58. The van der Waals surface area contributed by atoms with Crippen LogP contribution < -0.4 is 10.5 Å². The fourth-order valence-corrected chi connectivity index (χ4v) is 3.16. The van der Waals surface area contributed by atoms with Crippen LogP contribution in [0.15, 0.2) is 24.4 Å². The number of nitrogens with one attached hydrogen (secondary N) is 1. The molecule has 3 N–H and O–H groups in total. The first-order valence-corrected chi connectivity index (χ1v) is 7.98. The summed E-state index contributed by atoms with van der Waals surface area (Å²) in [7, 11) is 1.43. The number of carbonyl (C=O) groups is 1. The lowest BCUT2D eigenvalue weighted by molar-refractivity contribution is -0.130. The number of ether oxygens (including phenoxy) is 1. The Morgan fingerprint density at radius 3 is 3.08 bits per heavy atom. The first-order chi connectivity index (χ1) is 11.6. The average Bonchev–Trinajstić information content (AvgIpc) is 3.22. The number of hydrogen-bond donors (Lipinski definition) is 2. The highest BCUT2D eigenvalue weighted by atomic mass is 19.1. The summed E-state index contributed by atoms with van der Waals surface area (Å²) >= 11 is 0. The summed E-state index contributed by atoms with van der Waals surface area (Å²) in [4.78, 5) is 14.2. The number of aryl methyl sites for hydroxylation is 1. The summed E-state index contributed by atoms with van der Waals surface area (Å²) in [5, 5.41) is 6.84. The molecule has 3 rings (SSSR count). The number of halogens is 1. The molecule has 2 aromatic rings. The van der Waals surface area contributed by atoms with Gasteiger partial charge in [-0.1, -0.05) is 12.1 Å². The third kappa shape index (κ3) is 3.20. The van der Waals surface area contributed by atoms with Gasteiger partial charge >= 0.3 is 0 Å². The smallest absolute Gasteiger partial charge is 0.222 e. The van der Waals surface area contributed by atoms with Crippen LogP contribution in [0.4, 0.5) is 10.1 Å². The minimum absolute atomic E-state index is 0.0257. The number of aromatic amines is 1. The van der Waals surface area contributed by atoms with Crippen molar-refractivity contribution in [3.8, 4) is 5.75 Å². The van der Waals surface area contributed by atoms with Gasteiger partial charge in [-0.25, -0.2) is 4.39 Å². The minimum Gasteiger partial charge on any atom is -0.494 e. The second-order valence-corrected chi connectivity index (χ2v) is 6.00. The number of carbonyl (C=O) groups excluding carboxylic acids is 1. The first-order valence-electron chi connectivity index (χ1n) is 7.98. The van der Waals surface area contributed by atoms with Crippen LogP contribution in [0, 0.1) is 5.82 Å². The molecular weight excluding hydrogens is 311 g/mol. The zero-order chi connectivity index (χ0) is 17.1. The molecule has 0 saturated carbocycles. The Labute approximate surface area is 139 Å². The van der Waals surface area contributed by atoms with Gasteiger partial charge in [0.1, 0.15) is 0 Å². The van der Waals surface area contributed by atoms with E-state index in [0.717, 1.165) is 12.1 Å². The molecule has 1 aromatic carbocycles. The second-order valence-electron chi connectivity index (χ2n) is 6.00. The Hall–Kier alpha value is -2.57. The van der Waals surface area contributed by atoms with Crippen molar-refractivity contribution in [2.45, 2.75) is 25.2 Å². The third-order valence-electron chi connectivity index (χ3n) is 4.52. The van der Waals surface area contributed by atoms with Crippen LogP contribution in [-0.4, -0.2) is 41.2 Å². The number of H-pyrrole nitrogens is 1. The van der Waals surface area contributed by atoms with E-state index in [1.807, 2.05) is 4.90 Å². The number of benzene rings is 1. The molecule has 7 heteroatoms. The van der Waals surface area contributed by atoms with Crippen LogP contribution in [0.1, 0.15) is 30.0 Å². The van der Waals surface area contributed by atoms with E-state index in [4.69, 9.17) is 10.5 Å². The van der Waals surface area contributed by atoms with Crippen molar-refractivity contribution in [1.82, 2.24) is 15.1 Å². The fourth-order valence-electron chi connectivity index (χ4n) is 3.16. The summed E-state index contributed by atoms with van der Waals surface area (Å²) < 4.78 is 19.1. The molecule has 128 valence electrons. The molecule has 6 nitrogen and oxygen atoms in total. The number of likely N-dealkylation sites (tertiary alicyclic amines) is 1. The highest BCUT2D eigenvalue weighted by Crippen LogP contribution is 2.29. The van der Waals surface area contributed by atoms with Gasteiger partial charge in [-0.15, -0.1) is 0 Å². The largest absolute Gasteiger partial charge is 0.494 e. The number of nitrogens with two attached hydrogens (primary N) is 1. The summed E-state index contributed by atoms with van der Waals surface area (Å²) in [6, 6.07) is 4.98. The van der Waals surface area contributed by atoms with Gasteiger partial charge in [0.25, 0.3) is 0 Å². The molecule has 0 aliphatic carbocycles. The van der Waals surface area contributed by atoms with Crippen molar-refractivity contribution in [3.05, 3.63) is 41.5 Å². The monoisotopic (exact) mass is 332 g/mol. The van der Waals surface area contributed by atoms with Gasteiger partial charge in [-0.2, -0.15) is 5.10 Å². The second kappa shape index (κ2) is 6.90. The number of rotatable bonds is 5. The number of nitrogens with zero attached hydrogens (tertiary/aromatic N) is 2. The van der Waals surface area contributed by atoms with E-state index in [2.05, 4.69) is 10.2 Å². The zero-order valence-electron chi connectivity index (χ0n) is 13.6. The third-order valence-corrected chi connectivity index (χ3v) is 4.52. The lowest BCUT2D eigenvalue weighted by Crippen LogP contribution is -2.28. The lowest BCUT2D eigenvalue weighted by atomic mass is 10.0. The van der Waals surface area contributed by atoms with Crippen LogP contribution in [-0.2, 0) is 11.2 Å². The average molecular weight is 332 g/mol. The van der Waals surface area contributed by atoms with E-state index in [9.17, 15) is 9.18 Å². The molecule has 1 aromatic heterocycles. The molecule has 1 fully saturated rings. The Bertz CT molecular complexity index is 731. The van der Waals surface area contributed by atoms with E-state index in [0.29, 0.717) is 30.8 Å². The fraction of sp³-hybridized carbons (Fsp3) is 0.412. The maximum Gasteiger partial charge on any atom is 0.222 e. The van der Waals surface area contributed by atoms with Crippen LogP contribution in [0.5, 0.6) is 5.75 Å². The normalized spacial score (nSPS) is 17.2. The van der Waals surface area contributed by atoms with Crippen LogP contribution in [0.3, 0.4) is 0 Å². The van der Waals surface area contributed by atoms with Crippen LogP contribution in [0.2, 0.25) is 0 Å². The highest BCUT2D eigenvalue weighted by molar-refractivity contribution is 5.77. The number of amides is 1. The minimum atomic E-state index is -0.391. The van der Waals surface area contributed by atoms with Crippen molar-refractivity contribution in [2.75, 3.05) is 25.9 Å². The van der Waals surface area contributed by atoms with Gasteiger partial charge in [0, 0.05) is 25.4 Å². The molecule has 1 aliphatic rings. The zero-order valence-corrected chi connectivity index (χ0v) is 13.6. The van der Waals surface area contributed by atoms with E-state index < -0.39 is 5.82 Å². The lowest BCUT2D eigenvalue weighted by Gasteiger charge is -2.16. The van der Waals surface area contributed by atoms with Gasteiger partial charge in [-0.05, 0) is 24.5 Å². The van der Waals surface area contributed by atoms with E-state index in [1.54, 1.807) is 24.4 Å². The number of methoxy groups -OCH3 is 1. The van der Waals surface area contributed by atoms with E-state index in [-0.39, 0.29) is 24.0 Å². The highest BCUT2D eigenvalue weighted by Gasteiger charge is 2.29. The van der Waals surface area contributed by atoms with Gasteiger partial charge < -0.3 is 15.4 Å². The van der Waals surface area contributed by atoms with Crippen molar-refractivity contribution in [3.63, 3.8) is 0 Å². The van der Waals surface area contributed by atoms with Crippen LogP contribution >= 0.6 is 0 Å². The number of hydrogen-bond acceptors (Lipinski definition) is 4. The molecule has 1 amide bonds. The molecule has 2 heterocycles. The Kier molecular flexibility index (Phi) is 4.69. The van der Waals surface area contributed by atoms with Crippen molar-refractivity contribution in [1.29, 1.82) is 0 Å². The van der Waals surface area contributed by atoms with Crippen molar-refractivity contribution < 1.29 is 13.9 Å². The van der Waals surface area contributed by atoms with Gasteiger partial charge in [-0.3, -0.25) is 9.89 Å². The van der Waals surface area contributed by atoms with E-state index >= 15 is 0 Å². The molecule has 1 atom stereocenters. The summed E-state index contributed by atoms with van der Waals surface area (Å²) in [6.07, 6.45) is 3.07. The maximum atomic E-state index is 14.1. The van der Waals surface area contributed by atoms with Crippen LogP contribution in [0.25, 0.3) is 0 Å². The Morgan fingerprint density at radius 1 is 1.54 bits per heavy atom. The topological polar surface area (TPSA) is 84.2 Å². The number of nitrogen functional groups attached to an aromatic ring is 1. The maximum absolute atomic E-state index is 14.1. The molecule has 0 spiro atoms.